The molecule has 1 N–H and O–H groups in total. The van der Waals surface area contributed by atoms with Gasteiger partial charge in [0.25, 0.3) is 0 Å². The lowest BCUT2D eigenvalue weighted by molar-refractivity contribution is -0.131. The summed E-state index contributed by atoms with van der Waals surface area (Å²) in [6.45, 7) is 6.11. The summed E-state index contributed by atoms with van der Waals surface area (Å²) in [6.07, 6.45) is 7.39. The van der Waals surface area contributed by atoms with Gasteiger partial charge in [-0.25, -0.2) is 4.99 Å². The Bertz CT molecular complexity index is 423. The predicted octanol–water partition coefficient (Wildman–Crippen LogP) is 2.64. The summed E-state index contributed by atoms with van der Waals surface area (Å²) in [6, 6.07) is -0.240. The molecule has 118 valence electrons. The number of carbonyl (C=O) groups is 1. The number of amidine groups is 1. The molecule has 0 aromatic carbocycles. The highest BCUT2D eigenvalue weighted by molar-refractivity contribution is 8.14. The van der Waals surface area contributed by atoms with Crippen LogP contribution in [0.15, 0.2) is 4.99 Å². The molecule has 0 aromatic heterocycles. The molecule has 1 saturated carbocycles. The minimum Gasteiger partial charge on any atom is -0.359 e. The molecule has 1 aliphatic carbocycles. The molecule has 2 saturated heterocycles. The number of carbonyl (C=O) groups excluding carboxylic acids is 1. The van der Waals surface area contributed by atoms with Gasteiger partial charge in [-0.3, -0.25) is 4.79 Å². The summed E-state index contributed by atoms with van der Waals surface area (Å²) in [4.78, 5) is 19.0. The molecule has 1 atom stereocenters. The van der Waals surface area contributed by atoms with Crippen LogP contribution < -0.4 is 5.32 Å². The average Bonchev–Trinajstić information content (AvgIpc) is 3.12. The van der Waals surface area contributed by atoms with Crippen molar-refractivity contribution in [2.45, 2.75) is 64.0 Å². The highest BCUT2D eigenvalue weighted by Gasteiger charge is 2.40. The molecule has 5 heteroatoms. The van der Waals surface area contributed by atoms with E-state index in [4.69, 9.17) is 0 Å². The summed E-state index contributed by atoms with van der Waals surface area (Å²) in [7, 11) is 0. The van der Waals surface area contributed by atoms with E-state index < -0.39 is 0 Å². The Morgan fingerprint density at radius 2 is 2.05 bits per heavy atom. The lowest BCUT2D eigenvalue weighted by atomic mass is 9.78. The minimum atomic E-state index is -0.240. The largest absolute Gasteiger partial charge is 0.359 e. The number of hydrogen-bond donors (Lipinski definition) is 1. The number of likely N-dealkylation sites (tertiary alicyclic amines) is 1. The van der Waals surface area contributed by atoms with Crippen molar-refractivity contribution in [3.63, 3.8) is 0 Å². The van der Waals surface area contributed by atoms with Gasteiger partial charge in [0.15, 0.2) is 5.17 Å². The van der Waals surface area contributed by atoms with Gasteiger partial charge in [0.1, 0.15) is 6.04 Å². The second-order valence-corrected chi connectivity index (χ2v) is 7.98. The molecule has 3 aliphatic rings. The van der Waals surface area contributed by atoms with Gasteiger partial charge in [0.05, 0.1) is 0 Å². The van der Waals surface area contributed by atoms with Crippen LogP contribution in [0.2, 0.25) is 0 Å². The van der Waals surface area contributed by atoms with E-state index in [0.29, 0.717) is 0 Å². The Kier molecular flexibility index (Phi) is 4.48. The molecule has 3 fully saturated rings. The second-order valence-electron chi connectivity index (χ2n) is 7.02. The Hall–Kier alpha value is -0.710. The van der Waals surface area contributed by atoms with Gasteiger partial charge in [-0.05, 0) is 51.4 Å². The lowest BCUT2D eigenvalue weighted by Crippen LogP contribution is -2.46. The number of nitrogens with one attached hydrogen (secondary N) is 1. The van der Waals surface area contributed by atoms with E-state index in [-0.39, 0.29) is 17.5 Å². The van der Waals surface area contributed by atoms with Crippen LogP contribution in [0.1, 0.15) is 52.4 Å². The van der Waals surface area contributed by atoms with Gasteiger partial charge >= 0.3 is 0 Å². The molecule has 1 amide bonds. The summed E-state index contributed by atoms with van der Waals surface area (Å²) in [5.41, 5.74) is 0.256. The highest BCUT2D eigenvalue weighted by atomic mass is 32.2. The van der Waals surface area contributed by atoms with Crippen LogP contribution in [0.25, 0.3) is 0 Å². The fourth-order valence-electron chi connectivity index (χ4n) is 3.59. The monoisotopic (exact) mass is 309 g/mol. The van der Waals surface area contributed by atoms with E-state index in [1.54, 1.807) is 11.8 Å². The van der Waals surface area contributed by atoms with E-state index in [1.165, 1.54) is 25.7 Å². The highest BCUT2D eigenvalue weighted by Crippen LogP contribution is 2.38. The van der Waals surface area contributed by atoms with Gasteiger partial charge in [-0.2, -0.15) is 0 Å². The molecule has 4 nitrogen and oxygen atoms in total. The first-order valence-corrected chi connectivity index (χ1v) is 9.34. The number of hydrogen-bond acceptors (Lipinski definition) is 3. The van der Waals surface area contributed by atoms with Crippen LogP contribution in [-0.4, -0.2) is 46.4 Å². The van der Waals surface area contributed by atoms with Crippen LogP contribution in [-0.2, 0) is 4.79 Å². The van der Waals surface area contributed by atoms with Crippen LogP contribution in [0, 0.1) is 5.92 Å². The maximum absolute atomic E-state index is 12.3. The fourth-order valence-corrected chi connectivity index (χ4v) is 4.89. The van der Waals surface area contributed by atoms with E-state index in [1.807, 2.05) is 11.8 Å². The van der Waals surface area contributed by atoms with Crippen molar-refractivity contribution in [1.29, 1.82) is 0 Å². The normalized spacial score (nSPS) is 36.2. The Balaban J connectivity index is 1.58. The maximum atomic E-state index is 12.3. The van der Waals surface area contributed by atoms with Crippen molar-refractivity contribution < 1.29 is 4.79 Å². The second kappa shape index (κ2) is 6.19. The summed E-state index contributed by atoms with van der Waals surface area (Å²) < 4.78 is 0. The zero-order chi connectivity index (χ0) is 14.9. The van der Waals surface area contributed by atoms with E-state index in [9.17, 15) is 4.79 Å². The summed E-state index contributed by atoms with van der Waals surface area (Å²) in [5.74, 6) is 2.17. The first-order valence-electron chi connectivity index (χ1n) is 8.36. The molecule has 0 bridgehead atoms. The van der Waals surface area contributed by atoms with Crippen molar-refractivity contribution in [3.8, 4) is 0 Å². The molecule has 1 unspecified atom stereocenters. The molecule has 3 rings (SSSR count). The third-order valence-corrected chi connectivity index (χ3v) is 6.35. The molecule has 21 heavy (non-hydrogen) atoms. The maximum Gasteiger partial charge on any atom is 0.247 e. The predicted molar refractivity (Wildman–Crippen MR) is 88.7 cm³/mol. The van der Waals surface area contributed by atoms with Gasteiger partial charge in [0.2, 0.25) is 5.91 Å². The summed E-state index contributed by atoms with van der Waals surface area (Å²) in [5, 5.41) is 4.64. The Morgan fingerprint density at radius 1 is 1.38 bits per heavy atom. The Morgan fingerprint density at radius 3 is 2.71 bits per heavy atom. The van der Waals surface area contributed by atoms with Crippen molar-refractivity contribution >= 4 is 22.8 Å². The number of nitrogens with zero attached hydrogens (tertiary/aromatic N) is 2. The van der Waals surface area contributed by atoms with Gasteiger partial charge in [0, 0.05) is 24.4 Å². The third-order valence-electron chi connectivity index (χ3n) is 5.17. The van der Waals surface area contributed by atoms with E-state index in [0.717, 1.165) is 42.8 Å². The SMILES string of the molecule is CC1CCC2(CC1)CSC(=NC(C)C(=O)N1CCCC1)N2. The molecule has 2 aliphatic heterocycles. The van der Waals surface area contributed by atoms with Crippen LogP contribution in [0.5, 0.6) is 0 Å². The van der Waals surface area contributed by atoms with Crippen molar-refractivity contribution in [2.75, 3.05) is 18.8 Å². The molecule has 0 radical (unpaired) electrons. The van der Waals surface area contributed by atoms with E-state index in [2.05, 4.69) is 17.2 Å². The molecule has 0 aromatic rings. The lowest BCUT2D eigenvalue weighted by Gasteiger charge is -2.35. The van der Waals surface area contributed by atoms with Crippen molar-refractivity contribution in [3.05, 3.63) is 0 Å². The molecule has 1 spiro atoms. The standard InChI is InChI=1S/C16H27N3OS/c1-12-5-7-16(8-6-12)11-21-15(18-16)17-13(2)14(20)19-9-3-4-10-19/h12-13H,3-11H2,1-2H3,(H,17,18). The fraction of sp³-hybridized carbons (Fsp3) is 0.875. The van der Waals surface area contributed by atoms with Crippen LogP contribution in [0.3, 0.4) is 0 Å². The van der Waals surface area contributed by atoms with E-state index >= 15 is 0 Å². The smallest absolute Gasteiger partial charge is 0.247 e. The third kappa shape index (κ3) is 3.38. The first kappa shape index (κ1) is 15.2. The summed E-state index contributed by atoms with van der Waals surface area (Å²) >= 11 is 1.81. The number of rotatable bonds is 2. The Labute approximate surface area is 132 Å². The van der Waals surface area contributed by atoms with Gasteiger partial charge in [-0.1, -0.05) is 18.7 Å². The van der Waals surface area contributed by atoms with Gasteiger partial charge in [-0.15, -0.1) is 0 Å². The number of thioether (sulfide) groups is 1. The van der Waals surface area contributed by atoms with Gasteiger partial charge < -0.3 is 10.2 Å². The van der Waals surface area contributed by atoms with Crippen LogP contribution in [0.4, 0.5) is 0 Å². The van der Waals surface area contributed by atoms with Crippen molar-refractivity contribution in [1.82, 2.24) is 10.2 Å². The molecular weight excluding hydrogens is 282 g/mol. The molecular formula is C16H27N3OS. The first-order chi connectivity index (χ1) is 10.1. The van der Waals surface area contributed by atoms with Crippen molar-refractivity contribution in [2.24, 2.45) is 10.9 Å². The zero-order valence-electron chi connectivity index (χ0n) is 13.2. The average molecular weight is 309 g/mol. The quantitative estimate of drug-likeness (QED) is 0.853. The number of aliphatic imine (C=N–C) groups is 1. The topological polar surface area (TPSA) is 44.7 Å². The number of amides is 1. The van der Waals surface area contributed by atoms with Crippen LogP contribution >= 0.6 is 11.8 Å². The molecule has 2 heterocycles. The minimum absolute atomic E-state index is 0.195. The zero-order valence-corrected chi connectivity index (χ0v) is 14.0.